The van der Waals surface area contributed by atoms with Crippen LogP contribution in [0.3, 0.4) is 0 Å². The number of hydrogen-bond donors (Lipinski definition) is 1. The third kappa shape index (κ3) is 2.72. The van der Waals surface area contributed by atoms with Gasteiger partial charge < -0.3 is 10.6 Å². The van der Waals surface area contributed by atoms with E-state index in [1.54, 1.807) is 0 Å². The van der Waals surface area contributed by atoms with Gasteiger partial charge in [-0.05, 0) is 24.5 Å². The molecule has 1 aliphatic heterocycles. The molecule has 1 aromatic heterocycles. The molecule has 0 amide bonds. The monoisotopic (exact) mass is 310 g/mol. The van der Waals surface area contributed by atoms with Gasteiger partial charge in [-0.15, -0.1) is 0 Å². The molecule has 1 fully saturated rings. The van der Waals surface area contributed by atoms with Crippen molar-refractivity contribution in [2.45, 2.75) is 25.6 Å². The fraction of sp³-hybridized carbons (Fsp3) is 0.467. The van der Waals surface area contributed by atoms with Gasteiger partial charge in [-0.3, -0.25) is 0 Å². The summed E-state index contributed by atoms with van der Waals surface area (Å²) in [6.45, 7) is 3.48. The average molecular weight is 310 g/mol. The fourth-order valence-corrected chi connectivity index (χ4v) is 3.16. The number of alkyl halides is 3. The van der Waals surface area contributed by atoms with Gasteiger partial charge in [0.05, 0.1) is 11.1 Å². The summed E-state index contributed by atoms with van der Waals surface area (Å²) in [5, 5.41) is 0.415. The predicted molar refractivity (Wildman–Crippen MR) is 78.5 cm³/mol. The maximum Gasteiger partial charge on any atom is 0.418 e. The van der Waals surface area contributed by atoms with Crippen molar-refractivity contribution in [3.05, 3.63) is 30.2 Å². The molecule has 0 bridgehead atoms. The van der Waals surface area contributed by atoms with Gasteiger partial charge in [0, 0.05) is 36.4 Å². The Morgan fingerprint density at radius 3 is 2.73 bits per heavy atom. The van der Waals surface area contributed by atoms with Crippen LogP contribution in [0, 0.1) is 5.92 Å². The Labute approximate surface area is 126 Å². The molecule has 1 aliphatic rings. The number of fused-ring (bicyclic) bond motifs is 1. The molecular weight excluding hydrogens is 293 g/mol. The molecule has 0 saturated carbocycles. The van der Waals surface area contributed by atoms with Crippen molar-refractivity contribution < 1.29 is 13.2 Å². The summed E-state index contributed by atoms with van der Waals surface area (Å²) in [7, 11) is 0. The molecule has 0 aliphatic carbocycles. The summed E-state index contributed by atoms with van der Waals surface area (Å²) < 4.78 is 39.4. The van der Waals surface area contributed by atoms with Crippen LogP contribution < -0.4 is 10.6 Å². The van der Waals surface area contributed by atoms with E-state index < -0.39 is 11.7 Å². The lowest BCUT2D eigenvalue weighted by Crippen LogP contribution is -2.46. The van der Waals surface area contributed by atoms with Crippen molar-refractivity contribution in [2.75, 3.05) is 18.0 Å². The molecule has 0 spiro atoms. The Morgan fingerprint density at radius 1 is 1.27 bits per heavy atom. The highest BCUT2D eigenvalue weighted by Crippen LogP contribution is 2.38. The minimum Gasteiger partial charge on any atom is -0.369 e. The predicted octanol–water partition coefficient (Wildman–Crippen LogP) is 2.82. The normalized spacial score (nSPS) is 23.0. The summed E-state index contributed by atoms with van der Waals surface area (Å²) >= 11 is 0. The van der Waals surface area contributed by atoms with E-state index in [0.717, 1.165) is 25.4 Å². The first kappa shape index (κ1) is 15.0. The lowest BCUT2D eigenvalue weighted by atomic mass is 9.95. The average Bonchev–Trinajstić information content (AvgIpc) is 2.44. The summed E-state index contributed by atoms with van der Waals surface area (Å²) in [5.41, 5.74) is 5.96. The van der Waals surface area contributed by atoms with E-state index in [-0.39, 0.29) is 11.6 Å². The van der Waals surface area contributed by atoms with Crippen LogP contribution in [0.15, 0.2) is 24.7 Å². The van der Waals surface area contributed by atoms with Crippen LogP contribution in [0.2, 0.25) is 0 Å². The Kier molecular flexibility index (Phi) is 3.68. The first-order chi connectivity index (χ1) is 10.4. The van der Waals surface area contributed by atoms with E-state index >= 15 is 0 Å². The number of halogens is 3. The lowest BCUT2D eigenvalue weighted by molar-refractivity contribution is -0.136. The number of aromatic nitrogens is 2. The Bertz CT molecular complexity index is 676. The van der Waals surface area contributed by atoms with Crippen LogP contribution in [0.1, 0.15) is 18.9 Å². The Hall–Kier alpha value is -1.89. The maximum absolute atomic E-state index is 13.1. The smallest absolute Gasteiger partial charge is 0.369 e. The zero-order valence-corrected chi connectivity index (χ0v) is 12.1. The highest BCUT2D eigenvalue weighted by atomic mass is 19.4. The van der Waals surface area contributed by atoms with Gasteiger partial charge in [-0.1, -0.05) is 6.92 Å². The second kappa shape index (κ2) is 5.39. The minimum atomic E-state index is -4.43. The molecule has 7 heteroatoms. The van der Waals surface area contributed by atoms with Gasteiger partial charge in [0.25, 0.3) is 0 Å². The van der Waals surface area contributed by atoms with Gasteiger partial charge >= 0.3 is 6.18 Å². The van der Waals surface area contributed by atoms with Crippen LogP contribution >= 0.6 is 0 Å². The summed E-state index contributed by atoms with van der Waals surface area (Å²) in [6.07, 6.45) is -0.925. The number of rotatable bonds is 1. The van der Waals surface area contributed by atoms with Crippen molar-refractivity contribution >= 4 is 16.6 Å². The van der Waals surface area contributed by atoms with E-state index in [1.807, 2.05) is 4.90 Å². The first-order valence-electron chi connectivity index (χ1n) is 7.16. The first-order valence-corrected chi connectivity index (χ1v) is 7.16. The minimum absolute atomic E-state index is 0.0192. The second-order valence-corrected chi connectivity index (χ2v) is 5.92. The van der Waals surface area contributed by atoms with E-state index in [1.165, 1.54) is 12.3 Å². The highest BCUT2D eigenvalue weighted by Gasteiger charge is 2.34. The summed E-state index contributed by atoms with van der Waals surface area (Å²) in [5.74, 6) is 0.394. The quantitative estimate of drug-likeness (QED) is 0.880. The lowest BCUT2D eigenvalue weighted by Gasteiger charge is -2.37. The van der Waals surface area contributed by atoms with Crippen LogP contribution in [-0.4, -0.2) is 29.1 Å². The molecule has 2 heterocycles. The topological polar surface area (TPSA) is 55.0 Å². The second-order valence-electron chi connectivity index (χ2n) is 5.92. The molecule has 2 aromatic rings. The summed E-state index contributed by atoms with van der Waals surface area (Å²) in [6, 6.07) is 2.61. The molecule has 2 N–H and O–H groups in total. The number of hydrogen-bond acceptors (Lipinski definition) is 4. The van der Waals surface area contributed by atoms with Gasteiger partial charge in [0.15, 0.2) is 0 Å². The van der Waals surface area contributed by atoms with Crippen molar-refractivity contribution in [3.8, 4) is 0 Å². The van der Waals surface area contributed by atoms with Crippen LogP contribution in [0.4, 0.5) is 18.9 Å². The largest absolute Gasteiger partial charge is 0.418 e. The molecule has 4 nitrogen and oxygen atoms in total. The van der Waals surface area contributed by atoms with Crippen molar-refractivity contribution in [1.82, 2.24) is 9.97 Å². The third-order valence-corrected chi connectivity index (χ3v) is 3.99. The van der Waals surface area contributed by atoms with E-state index in [9.17, 15) is 13.2 Å². The molecule has 118 valence electrons. The highest BCUT2D eigenvalue weighted by molar-refractivity contribution is 5.93. The Balaban J connectivity index is 2.12. The molecule has 1 aromatic carbocycles. The van der Waals surface area contributed by atoms with Crippen molar-refractivity contribution in [3.63, 3.8) is 0 Å². The van der Waals surface area contributed by atoms with Gasteiger partial charge in [-0.25, -0.2) is 9.97 Å². The third-order valence-electron chi connectivity index (χ3n) is 3.99. The zero-order chi connectivity index (χ0) is 15.9. The van der Waals surface area contributed by atoms with E-state index in [2.05, 4.69) is 16.9 Å². The number of nitrogens with zero attached hydrogens (tertiary/aromatic N) is 3. The van der Waals surface area contributed by atoms with Gasteiger partial charge in [-0.2, -0.15) is 13.2 Å². The zero-order valence-electron chi connectivity index (χ0n) is 12.1. The van der Waals surface area contributed by atoms with Crippen molar-refractivity contribution in [2.24, 2.45) is 11.7 Å². The SMILES string of the molecule is C[C@H]1C[C@@H](N)CN(c2ccc(C(F)(F)F)c3ncncc23)C1. The van der Waals surface area contributed by atoms with Crippen molar-refractivity contribution in [1.29, 1.82) is 0 Å². The van der Waals surface area contributed by atoms with Gasteiger partial charge in [0.2, 0.25) is 0 Å². The van der Waals surface area contributed by atoms with E-state index in [0.29, 0.717) is 23.5 Å². The number of piperidine rings is 1. The fourth-order valence-electron chi connectivity index (χ4n) is 3.16. The molecule has 22 heavy (non-hydrogen) atoms. The molecule has 2 atom stereocenters. The molecule has 3 rings (SSSR count). The van der Waals surface area contributed by atoms with E-state index in [4.69, 9.17) is 5.73 Å². The van der Waals surface area contributed by atoms with Crippen LogP contribution in [-0.2, 0) is 6.18 Å². The van der Waals surface area contributed by atoms with Crippen LogP contribution in [0.25, 0.3) is 10.9 Å². The number of benzene rings is 1. The number of nitrogens with two attached hydrogens (primary N) is 1. The molecule has 1 saturated heterocycles. The molecule has 0 radical (unpaired) electrons. The molecular formula is C15H17F3N4. The van der Waals surface area contributed by atoms with Gasteiger partial charge in [0.1, 0.15) is 6.33 Å². The molecule has 0 unspecified atom stereocenters. The van der Waals surface area contributed by atoms with Crippen LogP contribution in [0.5, 0.6) is 0 Å². The number of anilines is 1. The standard InChI is InChI=1S/C15H17F3N4/c1-9-4-10(19)7-22(6-9)13-3-2-12(15(16,17)18)14-11(13)5-20-8-21-14/h2-3,5,8-10H,4,6-7,19H2,1H3/t9-,10+/m0/s1. The summed E-state index contributed by atoms with van der Waals surface area (Å²) in [4.78, 5) is 9.78. The maximum atomic E-state index is 13.1. The Morgan fingerprint density at radius 2 is 2.05 bits per heavy atom.